The molecular weight excluding hydrogens is 458 g/mol. The molecule has 0 aromatic rings. The largest absolute Gasteiger partial charge is 2.00 e. The molecule has 0 aliphatic carbocycles. The van der Waals surface area contributed by atoms with Gasteiger partial charge in [0.2, 0.25) is 0 Å². The van der Waals surface area contributed by atoms with Gasteiger partial charge in [0.15, 0.2) is 0 Å². The zero-order valence-corrected chi connectivity index (χ0v) is 16.3. The van der Waals surface area contributed by atoms with Crippen molar-refractivity contribution in [1.29, 1.82) is 0 Å². The van der Waals surface area contributed by atoms with Gasteiger partial charge < -0.3 is 33.1 Å². The topological polar surface area (TPSA) is 158 Å². The fourth-order valence-corrected chi connectivity index (χ4v) is 0. The molecule has 0 atom stereocenters. The minimum Gasteiger partial charge on any atom is -1.00 e. The van der Waals surface area contributed by atoms with Crippen LogP contribution in [-0.4, -0.2) is 125 Å². The van der Waals surface area contributed by atoms with Gasteiger partial charge in [-0.15, -0.1) is 0 Å². The molecule has 0 amide bonds. The Balaban J connectivity index is 0. The Morgan fingerprint density at radius 3 is 0.556 bits per heavy atom. The van der Waals surface area contributed by atoms with Gasteiger partial charge in [0.1, 0.15) is 0 Å². The van der Waals surface area contributed by atoms with Crippen LogP contribution in [0.25, 0.3) is 0 Å². The average molecular weight is 472 g/mol. The van der Waals surface area contributed by atoms with Crippen LogP contribution in [0.3, 0.4) is 0 Å². The Labute approximate surface area is 165 Å². The van der Waals surface area contributed by atoms with Crippen molar-refractivity contribution < 1.29 is 71.9 Å². The van der Waals surface area contributed by atoms with E-state index in [4.69, 9.17) is 0 Å². The summed E-state index contributed by atoms with van der Waals surface area (Å²) in [7, 11) is 0. The van der Waals surface area contributed by atoms with Crippen molar-refractivity contribution in [3.63, 3.8) is 0 Å². The SMILES string of the molecule is O.O.O.O.O.[Ba+2].[Ba+2].[Fe].[H-].[H-].[H-].[H-].[Ti]. The van der Waals surface area contributed by atoms with E-state index in [0.717, 1.165) is 0 Å². The van der Waals surface area contributed by atoms with Crippen molar-refractivity contribution in [1.82, 2.24) is 0 Å². The van der Waals surface area contributed by atoms with Crippen LogP contribution < -0.4 is 0 Å². The quantitative estimate of drug-likeness (QED) is 0.312. The molecule has 0 radical (unpaired) electrons. The molecule has 0 heterocycles. The van der Waals surface area contributed by atoms with E-state index in [-0.39, 0.29) is 170 Å². The summed E-state index contributed by atoms with van der Waals surface area (Å²) in [6.45, 7) is 0. The van der Waals surface area contributed by atoms with Gasteiger partial charge in [-0.3, -0.25) is 0 Å². The van der Waals surface area contributed by atoms with Crippen LogP contribution in [-0.2, 0) is 38.8 Å². The molecule has 5 nitrogen and oxygen atoms in total. The molecule has 0 bridgehead atoms. The van der Waals surface area contributed by atoms with Crippen molar-refractivity contribution in [3.8, 4) is 0 Å². The molecule has 0 aromatic heterocycles. The summed E-state index contributed by atoms with van der Waals surface area (Å²) in [6, 6.07) is 0. The predicted molar refractivity (Wildman–Crippen MR) is 34.0 cm³/mol. The number of hydrogen-bond acceptors (Lipinski definition) is 0. The smallest absolute Gasteiger partial charge is 1.00 e. The Hall–Kier alpha value is 4.18. The minimum atomic E-state index is 0. The zero-order chi connectivity index (χ0) is 0. The molecule has 0 saturated carbocycles. The summed E-state index contributed by atoms with van der Waals surface area (Å²) in [6.07, 6.45) is 0. The second kappa shape index (κ2) is 87.2. The third kappa shape index (κ3) is 72.3. The van der Waals surface area contributed by atoms with Crippen LogP contribution in [0, 0.1) is 0 Å². The summed E-state index contributed by atoms with van der Waals surface area (Å²) in [5.41, 5.74) is 0. The molecule has 0 rings (SSSR count). The van der Waals surface area contributed by atoms with E-state index in [2.05, 4.69) is 0 Å². The van der Waals surface area contributed by atoms with Gasteiger partial charge in [-0.2, -0.15) is 0 Å². The Bertz CT molecular complexity index is 26.5. The minimum absolute atomic E-state index is 0. The van der Waals surface area contributed by atoms with Crippen LogP contribution >= 0.6 is 0 Å². The van der Waals surface area contributed by atoms with Gasteiger partial charge in [0.25, 0.3) is 0 Å². The first-order valence-electron chi connectivity index (χ1n) is 0. The third-order valence-electron chi connectivity index (χ3n) is 0. The van der Waals surface area contributed by atoms with Crippen molar-refractivity contribution in [2.45, 2.75) is 0 Å². The Morgan fingerprint density at radius 1 is 0.556 bits per heavy atom. The van der Waals surface area contributed by atoms with Crippen molar-refractivity contribution >= 4 is 97.8 Å². The van der Waals surface area contributed by atoms with Gasteiger partial charge in [0, 0.05) is 38.8 Å². The molecule has 0 spiro atoms. The van der Waals surface area contributed by atoms with E-state index in [1.807, 2.05) is 0 Å². The normalized spacial score (nSPS) is 0. The molecule has 9 heteroatoms. The van der Waals surface area contributed by atoms with Gasteiger partial charge in [-0.1, -0.05) is 0 Å². The van der Waals surface area contributed by atoms with E-state index >= 15 is 0 Å². The summed E-state index contributed by atoms with van der Waals surface area (Å²) in [5, 5.41) is 0. The molecule has 0 saturated heterocycles. The van der Waals surface area contributed by atoms with E-state index < -0.39 is 0 Å². The molecule has 0 fully saturated rings. The van der Waals surface area contributed by atoms with Crippen LogP contribution in [0.2, 0.25) is 0 Å². The van der Waals surface area contributed by atoms with Crippen LogP contribution in [0.4, 0.5) is 0 Å². The molecule has 0 unspecified atom stereocenters. The summed E-state index contributed by atoms with van der Waals surface area (Å²) < 4.78 is 0. The molecule has 9 heavy (non-hydrogen) atoms. The van der Waals surface area contributed by atoms with Crippen LogP contribution in [0.5, 0.6) is 0 Å². The molecule has 10 N–H and O–H groups in total. The van der Waals surface area contributed by atoms with E-state index in [9.17, 15) is 0 Å². The maximum absolute atomic E-state index is 0. The summed E-state index contributed by atoms with van der Waals surface area (Å²) >= 11 is 0. The molecule has 60 valence electrons. The number of hydrogen-bond donors (Lipinski definition) is 0. The summed E-state index contributed by atoms with van der Waals surface area (Å²) in [4.78, 5) is 0. The maximum atomic E-state index is 0. The standard InChI is InChI=1S/2Ba.Fe.5H2O.Ti.4H/h;;;5*1H2;;;;;/q2*+2;;;;;;;;4*-1. The molecule has 0 aliphatic heterocycles. The Kier molecular flexibility index (Phi) is 1090. The average Bonchev–Trinajstić information content (AvgIpc) is 0. The third-order valence-corrected chi connectivity index (χ3v) is 0. The van der Waals surface area contributed by atoms with E-state index in [1.165, 1.54) is 0 Å². The summed E-state index contributed by atoms with van der Waals surface area (Å²) in [5.74, 6) is 0. The molecular formula is H14Ba2FeO5Ti. The van der Waals surface area contributed by atoms with Gasteiger partial charge in [0.05, 0.1) is 0 Å². The molecule has 0 aromatic carbocycles. The van der Waals surface area contributed by atoms with Crippen molar-refractivity contribution in [2.75, 3.05) is 0 Å². The fraction of sp³-hybridized carbons (Fsp3) is 0. The van der Waals surface area contributed by atoms with E-state index in [1.54, 1.807) is 0 Å². The zero-order valence-electron chi connectivity index (χ0n) is 8.77. The van der Waals surface area contributed by atoms with Gasteiger partial charge >= 0.3 is 97.8 Å². The van der Waals surface area contributed by atoms with Crippen molar-refractivity contribution in [2.24, 2.45) is 0 Å². The predicted octanol–water partition coefficient (Wildman–Crippen LogP) is -4.44. The first-order valence-corrected chi connectivity index (χ1v) is 0. The Morgan fingerprint density at radius 2 is 0.556 bits per heavy atom. The van der Waals surface area contributed by atoms with Crippen LogP contribution in [0.15, 0.2) is 0 Å². The molecule has 0 aliphatic rings. The fourth-order valence-electron chi connectivity index (χ4n) is 0. The second-order valence-electron chi connectivity index (χ2n) is 0. The van der Waals surface area contributed by atoms with Crippen molar-refractivity contribution in [3.05, 3.63) is 0 Å². The van der Waals surface area contributed by atoms with Gasteiger partial charge in [-0.25, -0.2) is 0 Å². The first-order chi connectivity index (χ1) is 0. The second-order valence-corrected chi connectivity index (χ2v) is 0. The van der Waals surface area contributed by atoms with E-state index in [0.29, 0.717) is 0 Å². The number of rotatable bonds is 0. The maximum Gasteiger partial charge on any atom is 2.00 e. The van der Waals surface area contributed by atoms with Crippen LogP contribution in [0.1, 0.15) is 5.71 Å². The van der Waals surface area contributed by atoms with Gasteiger partial charge in [-0.05, 0) is 0 Å². The monoisotopic (exact) mass is 474 g/mol. The first kappa shape index (κ1) is 112.